The minimum atomic E-state index is -0.396. The van der Waals surface area contributed by atoms with Gasteiger partial charge in [0, 0.05) is 38.4 Å². The van der Waals surface area contributed by atoms with Crippen LogP contribution in [-0.4, -0.2) is 46.9 Å². The summed E-state index contributed by atoms with van der Waals surface area (Å²) in [6.07, 6.45) is 3.09. The number of aryl methyl sites for hydroxylation is 1. The smallest absolute Gasteiger partial charge is 0.256 e. The quantitative estimate of drug-likeness (QED) is 0.801. The fourth-order valence-corrected chi connectivity index (χ4v) is 4.21. The Kier molecular flexibility index (Phi) is 4.71. The van der Waals surface area contributed by atoms with Crippen LogP contribution in [0.1, 0.15) is 32.4 Å². The molecule has 0 N–H and O–H groups in total. The molecule has 0 aliphatic carbocycles. The first-order valence-electron chi connectivity index (χ1n) is 9.74. The van der Waals surface area contributed by atoms with Crippen LogP contribution in [0.15, 0.2) is 24.4 Å². The van der Waals surface area contributed by atoms with E-state index < -0.39 is 6.10 Å². The molecule has 7 heteroatoms. The second kappa shape index (κ2) is 7.05. The number of nitrogens with zero attached hydrogens (tertiary/aromatic N) is 4. The standard InChI is InChI=1S/C21H26N4O3/c1-13-12-24(21(27)20-6-5-9-28-20)19-10-16(17-11-22-23(4)14(17)2)7-8-18(19)25(13)15(3)26/h7-8,10-11,13,20H,5-6,9,12H2,1-4H3/t13-,20?/m0/s1. The van der Waals surface area contributed by atoms with Gasteiger partial charge in [-0.25, -0.2) is 0 Å². The van der Waals surface area contributed by atoms with E-state index in [1.165, 1.54) is 0 Å². The average molecular weight is 382 g/mol. The Morgan fingerprint density at radius 2 is 2.04 bits per heavy atom. The van der Waals surface area contributed by atoms with E-state index in [-0.39, 0.29) is 17.9 Å². The van der Waals surface area contributed by atoms with E-state index in [0.717, 1.165) is 41.0 Å². The molecule has 148 valence electrons. The largest absolute Gasteiger partial charge is 0.368 e. The highest BCUT2D eigenvalue weighted by molar-refractivity contribution is 6.06. The normalized spacial score (nSPS) is 21.7. The molecule has 2 aliphatic rings. The summed E-state index contributed by atoms with van der Waals surface area (Å²) in [5.41, 5.74) is 4.57. The molecular formula is C21H26N4O3. The summed E-state index contributed by atoms with van der Waals surface area (Å²) in [6.45, 7) is 6.64. The molecule has 1 unspecified atom stereocenters. The van der Waals surface area contributed by atoms with Crippen LogP contribution >= 0.6 is 0 Å². The lowest BCUT2D eigenvalue weighted by Gasteiger charge is -2.41. The Balaban J connectivity index is 1.82. The molecule has 2 aromatic rings. The van der Waals surface area contributed by atoms with E-state index in [1.807, 2.05) is 50.0 Å². The Hall–Kier alpha value is -2.67. The molecular weight excluding hydrogens is 356 g/mol. The van der Waals surface area contributed by atoms with Gasteiger partial charge < -0.3 is 14.5 Å². The summed E-state index contributed by atoms with van der Waals surface area (Å²) in [4.78, 5) is 29.1. The number of hydrogen-bond acceptors (Lipinski definition) is 4. The van der Waals surface area contributed by atoms with Gasteiger partial charge in [-0.05, 0) is 44.4 Å². The number of hydrogen-bond donors (Lipinski definition) is 0. The summed E-state index contributed by atoms with van der Waals surface area (Å²) < 4.78 is 7.47. The fraction of sp³-hybridized carbons (Fsp3) is 0.476. The molecule has 4 rings (SSSR count). The molecule has 1 saturated heterocycles. The molecule has 0 saturated carbocycles. The highest BCUT2D eigenvalue weighted by atomic mass is 16.5. The second-order valence-corrected chi connectivity index (χ2v) is 7.66. The van der Waals surface area contributed by atoms with Crippen molar-refractivity contribution in [3.63, 3.8) is 0 Å². The minimum absolute atomic E-state index is 0.0196. The van der Waals surface area contributed by atoms with E-state index in [4.69, 9.17) is 4.74 Å². The summed E-state index contributed by atoms with van der Waals surface area (Å²) in [5.74, 6) is -0.0443. The van der Waals surface area contributed by atoms with Crippen molar-refractivity contribution in [1.82, 2.24) is 9.78 Å². The van der Waals surface area contributed by atoms with E-state index in [1.54, 1.807) is 16.7 Å². The van der Waals surface area contributed by atoms with Crippen molar-refractivity contribution >= 4 is 23.2 Å². The molecule has 2 amide bonds. The Morgan fingerprint density at radius 3 is 2.64 bits per heavy atom. The Labute approximate surface area is 164 Å². The van der Waals surface area contributed by atoms with Gasteiger partial charge in [0.25, 0.3) is 5.91 Å². The molecule has 0 bridgehead atoms. The third-order valence-electron chi connectivity index (χ3n) is 5.77. The van der Waals surface area contributed by atoms with E-state index in [0.29, 0.717) is 13.2 Å². The van der Waals surface area contributed by atoms with Crippen LogP contribution in [0.2, 0.25) is 0 Å². The van der Waals surface area contributed by atoms with Gasteiger partial charge in [0.2, 0.25) is 5.91 Å². The zero-order valence-electron chi connectivity index (χ0n) is 16.8. The van der Waals surface area contributed by atoms with Crippen LogP contribution in [0.4, 0.5) is 11.4 Å². The number of carbonyl (C=O) groups excluding carboxylic acids is 2. The third-order valence-corrected chi connectivity index (χ3v) is 5.77. The molecule has 28 heavy (non-hydrogen) atoms. The van der Waals surface area contributed by atoms with E-state index in [2.05, 4.69) is 5.10 Å². The zero-order chi connectivity index (χ0) is 20.0. The van der Waals surface area contributed by atoms with Gasteiger partial charge in [-0.2, -0.15) is 5.10 Å². The van der Waals surface area contributed by atoms with Crippen LogP contribution < -0.4 is 9.80 Å². The van der Waals surface area contributed by atoms with Gasteiger partial charge in [0.1, 0.15) is 6.10 Å². The molecule has 3 heterocycles. The van der Waals surface area contributed by atoms with Crippen LogP contribution in [0, 0.1) is 6.92 Å². The molecule has 1 aromatic heterocycles. The molecule has 2 aliphatic heterocycles. The number of ether oxygens (including phenoxy) is 1. The maximum absolute atomic E-state index is 13.2. The second-order valence-electron chi connectivity index (χ2n) is 7.66. The van der Waals surface area contributed by atoms with Gasteiger partial charge >= 0.3 is 0 Å². The number of carbonyl (C=O) groups is 2. The summed E-state index contributed by atoms with van der Waals surface area (Å²) in [6, 6.07) is 5.82. The molecule has 7 nitrogen and oxygen atoms in total. The summed E-state index contributed by atoms with van der Waals surface area (Å²) >= 11 is 0. The van der Waals surface area contributed by atoms with Crippen LogP contribution in [0.25, 0.3) is 11.1 Å². The predicted molar refractivity (Wildman–Crippen MR) is 107 cm³/mol. The van der Waals surface area contributed by atoms with Crippen molar-refractivity contribution < 1.29 is 14.3 Å². The minimum Gasteiger partial charge on any atom is -0.368 e. The van der Waals surface area contributed by atoms with Crippen LogP contribution in [0.5, 0.6) is 0 Å². The van der Waals surface area contributed by atoms with Gasteiger partial charge in [-0.3, -0.25) is 14.3 Å². The number of fused-ring (bicyclic) bond motifs is 1. The lowest BCUT2D eigenvalue weighted by atomic mass is 10.0. The lowest BCUT2D eigenvalue weighted by molar-refractivity contribution is -0.127. The fourth-order valence-electron chi connectivity index (χ4n) is 4.21. The first kappa shape index (κ1) is 18.7. The lowest BCUT2D eigenvalue weighted by Crippen LogP contribution is -2.53. The van der Waals surface area contributed by atoms with Crippen molar-refractivity contribution in [2.75, 3.05) is 23.0 Å². The highest BCUT2D eigenvalue weighted by Crippen LogP contribution is 2.40. The highest BCUT2D eigenvalue weighted by Gasteiger charge is 2.37. The number of amides is 2. The number of rotatable bonds is 2. The van der Waals surface area contributed by atoms with Crippen LogP contribution in [0.3, 0.4) is 0 Å². The number of benzene rings is 1. The summed E-state index contributed by atoms with van der Waals surface area (Å²) in [5, 5.41) is 4.33. The van der Waals surface area contributed by atoms with Crippen molar-refractivity contribution in [1.29, 1.82) is 0 Å². The predicted octanol–water partition coefficient (Wildman–Crippen LogP) is 2.66. The average Bonchev–Trinajstić information content (AvgIpc) is 3.31. The van der Waals surface area contributed by atoms with Gasteiger partial charge in [0.05, 0.1) is 23.6 Å². The van der Waals surface area contributed by atoms with E-state index in [9.17, 15) is 9.59 Å². The monoisotopic (exact) mass is 382 g/mol. The first-order chi connectivity index (χ1) is 13.4. The summed E-state index contributed by atoms with van der Waals surface area (Å²) in [7, 11) is 1.91. The zero-order valence-corrected chi connectivity index (χ0v) is 16.8. The van der Waals surface area contributed by atoms with Gasteiger partial charge in [-0.15, -0.1) is 0 Å². The van der Waals surface area contributed by atoms with Crippen LogP contribution in [-0.2, 0) is 21.4 Å². The molecule has 2 atom stereocenters. The number of anilines is 2. The molecule has 0 spiro atoms. The Morgan fingerprint density at radius 1 is 1.25 bits per heavy atom. The van der Waals surface area contributed by atoms with Gasteiger partial charge in [0.15, 0.2) is 0 Å². The number of aromatic nitrogens is 2. The molecule has 1 aromatic carbocycles. The maximum Gasteiger partial charge on any atom is 0.256 e. The maximum atomic E-state index is 13.2. The van der Waals surface area contributed by atoms with E-state index >= 15 is 0 Å². The third kappa shape index (κ3) is 2.99. The van der Waals surface area contributed by atoms with Gasteiger partial charge in [-0.1, -0.05) is 6.07 Å². The van der Waals surface area contributed by atoms with Crippen molar-refractivity contribution in [2.24, 2.45) is 7.05 Å². The Bertz CT molecular complexity index is 930. The van der Waals surface area contributed by atoms with Crippen molar-refractivity contribution in [3.05, 3.63) is 30.1 Å². The molecule has 0 radical (unpaired) electrons. The van der Waals surface area contributed by atoms with Crippen molar-refractivity contribution in [2.45, 2.75) is 45.8 Å². The topological polar surface area (TPSA) is 67.7 Å². The van der Waals surface area contributed by atoms with Crippen molar-refractivity contribution in [3.8, 4) is 11.1 Å². The SMILES string of the molecule is CC(=O)N1c2ccc(-c3cnn(C)c3C)cc2N(C(=O)C2CCCO2)C[C@@H]1C. The first-order valence-corrected chi connectivity index (χ1v) is 9.74. The molecule has 1 fully saturated rings.